The summed E-state index contributed by atoms with van der Waals surface area (Å²) in [7, 11) is 1.51. The van der Waals surface area contributed by atoms with Crippen LogP contribution in [0.4, 0.5) is 4.79 Å². The summed E-state index contributed by atoms with van der Waals surface area (Å²) in [4.78, 5) is 22.7. The molecule has 19 heavy (non-hydrogen) atoms. The Kier molecular flexibility index (Phi) is 6.21. The van der Waals surface area contributed by atoms with Crippen molar-refractivity contribution in [1.29, 1.82) is 0 Å². The molecule has 2 N–H and O–H groups in total. The molecular weight excluding hydrogens is 248 g/mol. The number of hydrogen-bond donors (Lipinski definition) is 2. The normalized spacial score (nSPS) is 9.58. The first-order valence-electron chi connectivity index (χ1n) is 6.00. The number of carbonyl (C=O) groups is 2. The third-order valence-corrected chi connectivity index (χ3v) is 2.22. The quantitative estimate of drug-likeness (QED) is 0.814. The molecule has 0 radical (unpaired) electrons. The molecule has 0 saturated heterocycles. The summed E-state index contributed by atoms with van der Waals surface area (Å²) in [5.41, 5.74) is 0. The second kappa shape index (κ2) is 7.97. The van der Waals surface area contributed by atoms with E-state index in [-0.39, 0.29) is 6.61 Å². The van der Waals surface area contributed by atoms with Crippen LogP contribution < -0.4 is 20.1 Å². The van der Waals surface area contributed by atoms with E-state index < -0.39 is 11.9 Å². The Balaban J connectivity index is 2.39. The van der Waals surface area contributed by atoms with E-state index in [0.717, 1.165) is 6.42 Å². The number of amides is 3. The van der Waals surface area contributed by atoms with Crippen LogP contribution in [0.1, 0.15) is 13.3 Å². The van der Waals surface area contributed by atoms with Gasteiger partial charge in [0.25, 0.3) is 5.91 Å². The summed E-state index contributed by atoms with van der Waals surface area (Å²) in [6, 6.07) is 6.45. The molecule has 0 atom stereocenters. The molecule has 0 unspecified atom stereocenters. The van der Waals surface area contributed by atoms with E-state index in [1.165, 1.54) is 7.11 Å². The maximum atomic E-state index is 11.5. The van der Waals surface area contributed by atoms with Crippen LogP contribution in [0.5, 0.6) is 11.5 Å². The number of urea groups is 1. The van der Waals surface area contributed by atoms with Gasteiger partial charge < -0.3 is 14.8 Å². The van der Waals surface area contributed by atoms with Gasteiger partial charge in [0.1, 0.15) is 0 Å². The summed E-state index contributed by atoms with van der Waals surface area (Å²) >= 11 is 0. The van der Waals surface area contributed by atoms with Crippen LogP contribution in [0.25, 0.3) is 0 Å². The van der Waals surface area contributed by atoms with E-state index in [2.05, 4.69) is 10.6 Å². The molecule has 104 valence electrons. The molecule has 1 aromatic carbocycles. The van der Waals surface area contributed by atoms with Gasteiger partial charge in [-0.05, 0) is 18.6 Å². The molecule has 0 heterocycles. The van der Waals surface area contributed by atoms with Crippen LogP contribution >= 0.6 is 0 Å². The van der Waals surface area contributed by atoms with Crippen molar-refractivity contribution in [1.82, 2.24) is 10.6 Å². The highest BCUT2D eigenvalue weighted by molar-refractivity contribution is 5.94. The Hall–Kier alpha value is -2.24. The molecule has 0 aliphatic carbocycles. The number of imide groups is 1. The first-order chi connectivity index (χ1) is 9.17. The van der Waals surface area contributed by atoms with E-state index in [0.29, 0.717) is 18.0 Å². The largest absolute Gasteiger partial charge is 0.493 e. The van der Waals surface area contributed by atoms with E-state index in [1.54, 1.807) is 24.3 Å². The van der Waals surface area contributed by atoms with Gasteiger partial charge in [-0.1, -0.05) is 19.1 Å². The molecular formula is C13H18N2O4. The monoisotopic (exact) mass is 266 g/mol. The average molecular weight is 266 g/mol. The molecule has 0 saturated carbocycles. The molecule has 6 heteroatoms. The molecule has 0 aliphatic rings. The van der Waals surface area contributed by atoms with Crippen LogP contribution in [0.2, 0.25) is 0 Å². The maximum absolute atomic E-state index is 11.5. The fourth-order valence-electron chi connectivity index (χ4n) is 1.33. The van der Waals surface area contributed by atoms with Crippen molar-refractivity contribution in [3.63, 3.8) is 0 Å². The van der Waals surface area contributed by atoms with Crippen molar-refractivity contribution >= 4 is 11.9 Å². The Labute approximate surface area is 112 Å². The van der Waals surface area contributed by atoms with Crippen molar-refractivity contribution < 1.29 is 19.1 Å². The van der Waals surface area contributed by atoms with E-state index >= 15 is 0 Å². The van der Waals surface area contributed by atoms with Crippen molar-refractivity contribution in [3.05, 3.63) is 24.3 Å². The molecule has 0 fully saturated rings. The van der Waals surface area contributed by atoms with Crippen molar-refractivity contribution in [2.75, 3.05) is 20.3 Å². The fourth-order valence-corrected chi connectivity index (χ4v) is 1.33. The van der Waals surface area contributed by atoms with E-state index in [1.807, 2.05) is 6.92 Å². The van der Waals surface area contributed by atoms with Crippen molar-refractivity contribution in [3.8, 4) is 11.5 Å². The standard InChI is InChI=1S/C13H18N2O4/c1-3-8-14-13(17)15-12(16)9-19-11-7-5-4-6-10(11)18-2/h4-7H,3,8-9H2,1-2H3,(H2,14,15,16,17). The lowest BCUT2D eigenvalue weighted by atomic mass is 10.3. The third-order valence-electron chi connectivity index (χ3n) is 2.22. The minimum Gasteiger partial charge on any atom is -0.493 e. The SMILES string of the molecule is CCCNC(=O)NC(=O)COc1ccccc1OC. The zero-order chi connectivity index (χ0) is 14.1. The Morgan fingerprint density at radius 3 is 2.53 bits per heavy atom. The summed E-state index contributed by atoms with van der Waals surface area (Å²) in [5, 5.41) is 4.70. The van der Waals surface area contributed by atoms with Gasteiger partial charge >= 0.3 is 6.03 Å². The van der Waals surface area contributed by atoms with E-state index in [9.17, 15) is 9.59 Å². The fraction of sp³-hybridized carbons (Fsp3) is 0.385. The summed E-state index contributed by atoms with van der Waals surface area (Å²) in [6.45, 7) is 2.19. The second-order valence-electron chi connectivity index (χ2n) is 3.74. The Bertz CT molecular complexity index is 434. The lowest BCUT2D eigenvalue weighted by molar-refractivity contribution is -0.122. The lowest BCUT2D eigenvalue weighted by Crippen LogP contribution is -2.41. The molecule has 6 nitrogen and oxygen atoms in total. The highest BCUT2D eigenvalue weighted by atomic mass is 16.5. The van der Waals surface area contributed by atoms with Gasteiger partial charge in [-0.25, -0.2) is 4.79 Å². The Morgan fingerprint density at radius 2 is 1.89 bits per heavy atom. The van der Waals surface area contributed by atoms with Gasteiger partial charge in [0.2, 0.25) is 0 Å². The number of methoxy groups -OCH3 is 1. The Morgan fingerprint density at radius 1 is 1.21 bits per heavy atom. The lowest BCUT2D eigenvalue weighted by Gasteiger charge is -2.10. The first-order valence-corrected chi connectivity index (χ1v) is 6.00. The molecule has 0 aromatic heterocycles. The number of rotatable bonds is 6. The minimum atomic E-state index is -0.518. The first kappa shape index (κ1) is 14.8. The molecule has 0 bridgehead atoms. The maximum Gasteiger partial charge on any atom is 0.321 e. The zero-order valence-electron chi connectivity index (χ0n) is 11.1. The van der Waals surface area contributed by atoms with Gasteiger partial charge in [0.15, 0.2) is 18.1 Å². The van der Waals surface area contributed by atoms with Crippen LogP contribution in [0.15, 0.2) is 24.3 Å². The molecule has 1 aromatic rings. The van der Waals surface area contributed by atoms with Gasteiger partial charge in [-0.15, -0.1) is 0 Å². The number of para-hydroxylation sites is 2. The second-order valence-corrected chi connectivity index (χ2v) is 3.74. The average Bonchev–Trinajstić information content (AvgIpc) is 2.43. The van der Waals surface area contributed by atoms with Crippen LogP contribution in [0, 0.1) is 0 Å². The van der Waals surface area contributed by atoms with Gasteiger partial charge in [0, 0.05) is 6.54 Å². The summed E-state index contributed by atoms with van der Waals surface area (Å²) in [6.07, 6.45) is 0.805. The highest BCUT2D eigenvalue weighted by Gasteiger charge is 2.09. The molecule has 0 spiro atoms. The summed E-state index contributed by atoms with van der Waals surface area (Å²) in [5.74, 6) is 0.472. The van der Waals surface area contributed by atoms with Gasteiger partial charge in [-0.2, -0.15) is 0 Å². The highest BCUT2D eigenvalue weighted by Crippen LogP contribution is 2.25. The molecule has 1 rings (SSSR count). The van der Waals surface area contributed by atoms with Crippen molar-refractivity contribution in [2.24, 2.45) is 0 Å². The number of hydrogen-bond acceptors (Lipinski definition) is 4. The van der Waals surface area contributed by atoms with E-state index in [4.69, 9.17) is 9.47 Å². The van der Waals surface area contributed by atoms with Crippen LogP contribution in [-0.4, -0.2) is 32.2 Å². The number of benzene rings is 1. The molecule has 3 amide bonds. The predicted molar refractivity (Wildman–Crippen MR) is 70.3 cm³/mol. The topological polar surface area (TPSA) is 76.7 Å². The predicted octanol–water partition coefficient (Wildman–Crippen LogP) is 1.31. The number of ether oxygens (including phenoxy) is 2. The van der Waals surface area contributed by atoms with Crippen LogP contribution in [0.3, 0.4) is 0 Å². The smallest absolute Gasteiger partial charge is 0.321 e. The third kappa shape index (κ3) is 5.29. The van der Waals surface area contributed by atoms with Gasteiger partial charge in [0.05, 0.1) is 7.11 Å². The summed E-state index contributed by atoms with van der Waals surface area (Å²) < 4.78 is 10.4. The van der Waals surface area contributed by atoms with Crippen molar-refractivity contribution in [2.45, 2.75) is 13.3 Å². The zero-order valence-corrected chi connectivity index (χ0v) is 11.1. The van der Waals surface area contributed by atoms with Gasteiger partial charge in [-0.3, -0.25) is 10.1 Å². The number of nitrogens with one attached hydrogen (secondary N) is 2. The minimum absolute atomic E-state index is 0.250. The molecule has 0 aliphatic heterocycles. The number of carbonyl (C=O) groups excluding carboxylic acids is 2. The van der Waals surface area contributed by atoms with Crippen LogP contribution in [-0.2, 0) is 4.79 Å².